The first-order valence-electron chi connectivity index (χ1n) is 11.4. The highest BCUT2D eigenvalue weighted by atomic mass is 19.1. The molecule has 2 amide bonds. The van der Waals surface area contributed by atoms with E-state index in [-0.39, 0.29) is 43.8 Å². The second-order valence-corrected chi connectivity index (χ2v) is 8.63. The lowest BCUT2D eigenvalue weighted by Crippen LogP contribution is -2.58. The number of hydrogen-bond acceptors (Lipinski definition) is 5. The molecule has 1 saturated heterocycles. The fraction of sp³-hybridized carbons (Fsp3) is 0.296. The van der Waals surface area contributed by atoms with Crippen LogP contribution in [0.4, 0.5) is 4.39 Å². The number of carbonyl (C=O) groups is 2. The third-order valence-electron chi connectivity index (χ3n) is 5.90. The Labute approximate surface area is 204 Å². The van der Waals surface area contributed by atoms with Crippen LogP contribution in [0.1, 0.15) is 22.5 Å². The summed E-state index contributed by atoms with van der Waals surface area (Å²) < 4.78 is 25.4. The van der Waals surface area contributed by atoms with Gasteiger partial charge in [-0.05, 0) is 42.0 Å². The van der Waals surface area contributed by atoms with Gasteiger partial charge in [-0.3, -0.25) is 14.6 Å². The summed E-state index contributed by atoms with van der Waals surface area (Å²) in [6, 6.07) is 20.5. The van der Waals surface area contributed by atoms with Crippen molar-refractivity contribution in [2.24, 2.45) is 0 Å². The number of carbonyl (C=O) groups excluding carboxylic acids is 2. The summed E-state index contributed by atoms with van der Waals surface area (Å²) in [5.74, 6) is -0.285. The average molecular weight is 478 g/mol. The number of aromatic nitrogens is 1. The molecule has 1 aliphatic heterocycles. The van der Waals surface area contributed by atoms with Gasteiger partial charge in [-0.2, -0.15) is 0 Å². The van der Waals surface area contributed by atoms with E-state index < -0.39 is 5.60 Å². The van der Waals surface area contributed by atoms with Gasteiger partial charge >= 0.3 is 0 Å². The minimum atomic E-state index is -1.07. The molecule has 2 aromatic carbocycles. The van der Waals surface area contributed by atoms with Crippen molar-refractivity contribution < 1.29 is 23.5 Å². The number of nitrogens with zero attached hydrogens (tertiary/aromatic N) is 3. The monoisotopic (exact) mass is 477 g/mol. The Morgan fingerprint density at radius 3 is 2.54 bits per heavy atom. The Balaban J connectivity index is 1.51. The van der Waals surface area contributed by atoms with Crippen LogP contribution in [0.5, 0.6) is 5.75 Å². The van der Waals surface area contributed by atoms with Crippen LogP contribution in [0.2, 0.25) is 0 Å². The van der Waals surface area contributed by atoms with Crippen molar-refractivity contribution in [2.75, 3.05) is 33.4 Å². The molecular formula is C27H28FN3O4. The molecule has 8 heteroatoms. The Morgan fingerprint density at radius 1 is 1.09 bits per heavy atom. The molecule has 1 fully saturated rings. The molecular weight excluding hydrogens is 449 g/mol. The van der Waals surface area contributed by atoms with E-state index >= 15 is 0 Å². The van der Waals surface area contributed by atoms with Crippen molar-refractivity contribution in [2.45, 2.75) is 18.6 Å². The molecule has 4 rings (SSSR count). The third kappa shape index (κ3) is 6.42. The maximum Gasteiger partial charge on any atom is 0.272 e. The number of benzene rings is 2. The molecule has 0 aliphatic carbocycles. The van der Waals surface area contributed by atoms with Gasteiger partial charge in [0.2, 0.25) is 5.91 Å². The van der Waals surface area contributed by atoms with Gasteiger partial charge in [0.25, 0.3) is 5.91 Å². The molecule has 35 heavy (non-hydrogen) atoms. The first kappa shape index (κ1) is 24.3. The van der Waals surface area contributed by atoms with Crippen LogP contribution in [-0.4, -0.2) is 65.6 Å². The van der Waals surface area contributed by atoms with Crippen molar-refractivity contribution in [1.29, 1.82) is 0 Å². The second-order valence-electron chi connectivity index (χ2n) is 8.63. The number of halogens is 1. The number of pyridine rings is 1. The number of hydrogen-bond donors (Lipinski definition) is 0. The molecule has 0 radical (unpaired) electrons. The zero-order valence-corrected chi connectivity index (χ0v) is 19.6. The first-order chi connectivity index (χ1) is 16.9. The molecule has 0 bridgehead atoms. The molecule has 0 N–H and O–H groups in total. The van der Waals surface area contributed by atoms with Crippen molar-refractivity contribution in [3.8, 4) is 5.75 Å². The molecule has 1 unspecified atom stereocenters. The number of amides is 2. The minimum Gasteiger partial charge on any atom is -0.490 e. The fourth-order valence-corrected chi connectivity index (χ4v) is 4.02. The summed E-state index contributed by atoms with van der Waals surface area (Å²) in [5.41, 5.74) is 0.269. The fourth-order valence-electron chi connectivity index (χ4n) is 4.02. The third-order valence-corrected chi connectivity index (χ3v) is 5.90. The SMILES string of the molecule is CN(Cc1ccccc1)C(=O)CC1(COc2ccc(F)cc2)CN(C(=O)c2ccccn2)CCO1. The first-order valence-corrected chi connectivity index (χ1v) is 11.4. The van der Waals surface area contributed by atoms with Gasteiger partial charge in [-0.1, -0.05) is 36.4 Å². The van der Waals surface area contributed by atoms with Gasteiger partial charge in [0.1, 0.15) is 29.5 Å². The number of morpholine rings is 1. The van der Waals surface area contributed by atoms with Crippen molar-refractivity contribution in [3.05, 3.63) is 96.1 Å². The summed E-state index contributed by atoms with van der Waals surface area (Å²) in [4.78, 5) is 33.8. The molecule has 1 aromatic heterocycles. The van der Waals surface area contributed by atoms with E-state index in [4.69, 9.17) is 9.47 Å². The van der Waals surface area contributed by atoms with E-state index in [1.54, 1.807) is 41.2 Å². The summed E-state index contributed by atoms with van der Waals surface area (Å²) in [6.07, 6.45) is 1.59. The van der Waals surface area contributed by atoms with E-state index in [0.717, 1.165) is 5.56 Å². The van der Waals surface area contributed by atoms with Crippen LogP contribution in [-0.2, 0) is 16.1 Å². The Morgan fingerprint density at radius 2 is 1.83 bits per heavy atom. The highest BCUT2D eigenvalue weighted by Crippen LogP contribution is 2.26. The van der Waals surface area contributed by atoms with Crippen LogP contribution < -0.4 is 4.74 Å². The van der Waals surface area contributed by atoms with Gasteiger partial charge in [0, 0.05) is 26.3 Å². The largest absolute Gasteiger partial charge is 0.490 e. The standard InChI is InChI=1S/C27H28FN3O4/c1-30(18-21-7-3-2-4-8-21)25(32)17-27(20-34-23-12-10-22(28)11-13-23)19-31(15-16-35-27)26(33)24-9-5-6-14-29-24/h2-14H,15-20H2,1H3. The van der Waals surface area contributed by atoms with Gasteiger partial charge in [0.15, 0.2) is 0 Å². The molecule has 7 nitrogen and oxygen atoms in total. The van der Waals surface area contributed by atoms with Crippen molar-refractivity contribution >= 4 is 11.8 Å². The molecule has 0 spiro atoms. The second kappa shape index (κ2) is 11.1. The lowest BCUT2D eigenvalue weighted by molar-refractivity contribution is -0.152. The van der Waals surface area contributed by atoms with Crippen LogP contribution >= 0.6 is 0 Å². The van der Waals surface area contributed by atoms with Gasteiger partial charge in [-0.25, -0.2) is 4.39 Å². The Bertz CT molecular complexity index is 1130. The molecule has 1 aliphatic rings. The highest BCUT2D eigenvalue weighted by Gasteiger charge is 2.42. The topological polar surface area (TPSA) is 72.0 Å². The Hall–Kier alpha value is -3.78. The van der Waals surface area contributed by atoms with Gasteiger partial charge in [-0.15, -0.1) is 0 Å². The lowest BCUT2D eigenvalue weighted by atomic mass is 9.96. The number of ether oxygens (including phenoxy) is 2. The maximum atomic E-state index is 13.3. The molecule has 2 heterocycles. The summed E-state index contributed by atoms with van der Waals surface area (Å²) in [7, 11) is 1.74. The van der Waals surface area contributed by atoms with Crippen molar-refractivity contribution in [3.63, 3.8) is 0 Å². The summed E-state index contributed by atoms with van der Waals surface area (Å²) in [6.45, 7) is 1.26. The van der Waals surface area contributed by atoms with Gasteiger partial charge in [0.05, 0.1) is 19.6 Å². The van der Waals surface area contributed by atoms with Crippen LogP contribution in [0.25, 0.3) is 0 Å². The maximum absolute atomic E-state index is 13.3. The van der Waals surface area contributed by atoms with Crippen LogP contribution in [0.3, 0.4) is 0 Å². The zero-order valence-electron chi connectivity index (χ0n) is 19.6. The Kier molecular flexibility index (Phi) is 7.72. The van der Waals surface area contributed by atoms with E-state index in [0.29, 0.717) is 24.5 Å². The average Bonchev–Trinajstić information content (AvgIpc) is 2.89. The molecule has 3 aromatic rings. The smallest absolute Gasteiger partial charge is 0.272 e. The highest BCUT2D eigenvalue weighted by molar-refractivity contribution is 5.92. The van der Waals surface area contributed by atoms with Crippen LogP contribution in [0.15, 0.2) is 79.0 Å². The number of rotatable bonds is 8. The van der Waals surface area contributed by atoms with E-state index in [1.165, 1.54) is 24.3 Å². The summed E-state index contributed by atoms with van der Waals surface area (Å²) in [5, 5.41) is 0. The molecule has 0 saturated carbocycles. The quantitative estimate of drug-likeness (QED) is 0.496. The normalized spacial score (nSPS) is 17.6. The summed E-state index contributed by atoms with van der Waals surface area (Å²) >= 11 is 0. The predicted octanol–water partition coefficient (Wildman–Crippen LogP) is 3.56. The van der Waals surface area contributed by atoms with Crippen molar-refractivity contribution in [1.82, 2.24) is 14.8 Å². The molecule has 1 atom stereocenters. The van der Waals surface area contributed by atoms with E-state index in [9.17, 15) is 14.0 Å². The zero-order chi connectivity index (χ0) is 24.7. The van der Waals surface area contributed by atoms with Crippen LogP contribution in [0, 0.1) is 5.82 Å². The van der Waals surface area contributed by atoms with E-state index in [2.05, 4.69) is 4.98 Å². The predicted molar refractivity (Wildman–Crippen MR) is 128 cm³/mol. The minimum absolute atomic E-state index is 0.0174. The molecule has 182 valence electrons. The van der Waals surface area contributed by atoms with E-state index in [1.807, 2.05) is 30.3 Å². The lowest BCUT2D eigenvalue weighted by Gasteiger charge is -2.42. The van der Waals surface area contributed by atoms with Gasteiger partial charge < -0.3 is 19.3 Å².